The van der Waals surface area contributed by atoms with Gasteiger partial charge in [0, 0.05) is 5.92 Å². The molecular weight excluding hydrogens is 204 g/mol. The summed E-state index contributed by atoms with van der Waals surface area (Å²) in [5.41, 5.74) is 0.945. The summed E-state index contributed by atoms with van der Waals surface area (Å²) in [6.45, 7) is 5.87. The van der Waals surface area contributed by atoms with Crippen LogP contribution in [0.1, 0.15) is 24.8 Å². The lowest BCUT2D eigenvalue weighted by Gasteiger charge is -2.11. The van der Waals surface area contributed by atoms with Crippen LogP contribution in [-0.2, 0) is 9.53 Å². The zero-order valence-electron chi connectivity index (χ0n) is 9.35. The van der Waals surface area contributed by atoms with Crippen LogP contribution in [0.25, 0.3) is 0 Å². The van der Waals surface area contributed by atoms with Crippen molar-refractivity contribution < 1.29 is 14.6 Å². The molecule has 86 valence electrons. The lowest BCUT2D eigenvalue weighted by atomic mass is 9.96. The molecule has 3 heteroatoms. The Labute approximate surface area is 95.4 Å². The molecule has 0 fully saturated rings. The molecule has 1 aromatic carbocycles. The molecule has 1 aromatic rings. The second kappa shape index (κ2) is 5.95. The summed E-state index contributed by atoms with van der Waals surface area (Å²) in [6.07, 6.45) is 1.99. The van der Waals surface area contributed by atoms with Crippen molar-refractivity contribution in [3.05, 3.63) is 42.5 Å². The Bertz CT molecular complexity index is 354. The number of rotatable bonds is 5. The third-order valence-corrected chi connectivity index (χ3v) is 2.30. The molecule has 0 aliphatic carbocycles. The highest BCUT2D eigenvalue weighted by Crippen LogP contribution is 2.23. The van der Waals surface area contributed by atoms with Gasteiger partial charge in [-0.25, -0.2) is 0 Å². The van der Waals surface area contributed by atoms with E-state index in [1.807, 2.05) is 0 Å². The number of hydrogen-bond donors (Lipinski definition) is 1. The Hall–Kier alpha value is -1.77. The van der Waals surface area contributed by atoms with Crippen molar-refractivity contribution >= 4 is 5.97 Å². The van der Waals surface area contributed by atoms with Gasteiger partial charge < -0.3 is 9.84 Å². The topological polar surface area (TPSA) is 46.5 Å². The molecule has 0 aromatic heterocycles. The lowest BCUT2D eigenvalue weighted by molar-refractivity contribution is -0.143. The summed E-state index contributed by atoms with van der Waals surface area (Å²) in [6, 6.07) is 6.75. The minimum Gasteiger partial charge on any atom is -0.508 e. The van der Waals surface area contributed by atoms with Crippen LogP contribution in [0.4, 0.5) is 0 Å². The number of allylic oxidation sites excluding steroid dienone is 1. The van der Waals surface area contributed by atoms with E-state index in [1.54, 1.807) is 37.3 Å². The molecule has 0 radical (unpaired) electrons. The fourth-order valence-electron chi connectivity index (χ4n) is 1.46. The maximum atomic E-state index is 11.3. The molecule has 0 heterocycles. The maximum Gasteiger partial charge on any atom is 0.306 e. The second-order valence-electron chi connectivity index (χ2n) is 3.44. The smallest absolute Gasteiger partial charge is 0.306 e. The monoisotopic (exact) mass is 220 g/mol. The van der Waals surface area contributed by atoms with E-state index >= 15 is 0 Å². The molecule has 3 nitrogen and oxygen atoms in total. The quantitative estimate of drug-likeness (QED) is 0.613. The van der Waals surface area contributed by atoms with E-state index < -0.39 is 0 Å². The number of phenolic OH excluding ortho intramolecular Hbond substituents is 1. The average molecular weight is 220 g/mol. The van der Waals surface area contributed by atoms with Crippen LogP contribution in [0, 0.1) is 0 Å². The molecule has 0 saturated carbocycles. The number of carbonyl (C=O) groups excluding carboxylic acids is 1. The van der Waals surface area contributed by atoms with Crippen molar-refractivity contribution in [2.24, 2.45) is 0 Å². The van der Waals surface area contributed by atoms with Gasteiger partial charge in [0.2, 0.25) is 0 Å². The minimum absolute atomic E-state index is 0.0698. The van der Waals surface area contributed by atoms with Crippen molar-refractivity contribution in [2.75, 3.05) is 6.61 Å². The molecule has 0 amide bonds. The molecule has 0 saturated heterocycles. The highest BCUT2D eigenvalue weighted by Gasteiger charge is 2.13. The summed E-state index contributed by atoms with van der Waals surface area (Å²) < 4.78 is 4.88. The molecule has 1 atom stereocenters. The number of phenols is 1. The highest BCUT2D eigenvalue weighted by molar-refractivity contribution is 5.71. The molecule has 0 spiro atoms. The summed E-state index contributed by atoms with van der Waals surface area (Å²) in [5.74, 6) is -0.0946. The van der Waals surface area contributed by atoms with Gasteiger partial charge in [0.1, 0.15) is 5.75 Å². The van der Waals surface area contributed by atoms with E-state index in [9.17, 15) is 4.79 Å². The maximum absolute atomic E-state index is 11.3. The molecule has 0 bridgehead atoms. The Morgan fingerprint density at radius 3 is 2.62 bits per heavy atom. The molecule has 0 unspecified atom stereocenters. The largest absolute Gasteiger partial charge is 0.508 e. The summed E-state index contributed by atoms with van der Waals surface area (Å²) in [5, 5.41) is 9.16. The van der Waals surface area contributed by atoms with Gasteiger partial charge in [0.15, 0.2) is 0 Å². The zero-order chi connectivity index (χ0) is 12.0. The second-order valence-corrected chi connectivity index (χ2v) is 3.44. The van der Waals surface area contributed by atoms with E-state index in [0.29, 0.717) is 6.61 Å². The van der Waals surface area contributed by atoms with Gasteiger partial charge >= 0.3 is 5.97 Å². The molecule has 16 heavy (non-hydrogen) atoms. The number of ether oxygens (including phenoxy) is 1. The third kappa shape index (κ3) is 3.42. The number of carbonyl (C=O) groups is 1. The zero-order valence-corrected chi connectivity index (χ0v) is 9.35. The van der Waals surface area contributed by atoms with Crippen molar-refractivity contribution in [1.29, 1.82) is 0 Å². The number of benzene rings is 1. The van der Waals surface area contributed by atoms with Gasteiger partial charge in [-0.1, -0.05) is 18.2 Å². The predicted octanol–water partition coefficient (Wildman–Crippen LogP) is 2.62. The SMILES string of the molecule is C=C[C@H](CC(=O)OCC)c1ccc(O)cc1. The highest BCUT2D eigenvalue weighted by atomic mass is 16.5. The number of esters is 1. The first-order chi connectivity index (χ1) is 7.67. The van der Waals surface area contributed by atoms with Crippen molar-refractivity contribution in [3.63, 3.8) is 0 Å². The van der Waals surface area contributed by atoms with Crippen molar-refractivity contribution in [2.45, 2.75) is 19.3 Å². The van der Waals surface area contributed by atoms with E-state index in [4.69, 9.17) is 9.84 Å². The summed E-state index contributed by atoms with van der Waals surface area (Å²) >= 11 is 0. The number of hydrogen-bond acceptors (Lipinski definition) is 3. The Morgan fingerprint density at radius 2 is 2.12 bits per heavy atom. The first kappa shape index (κ1) is 12.3. The van der Waals surface area contributed by atoms with Gasteiger partial charge in [-0.2, -0.15) is 0 Å². The molecular formula is C13H16O3. The van der Waals surface area contributed by atoms with Crippen LogP contribution in [0.2, 0.25) is 0 Å². The van der Waals surface area contributed by atoms with Crippen LogP contribution in [0.15, 0.2) is 36.9 Å². The predicted molar refractivity (Wildman–Crippen MR) is 62.3 cm³/mol. The van der Waals surface area contributed by atoms with Gasteiger partial charge in [-0.15, -0.1) is 6.58 Å². The van der Waals surface area contributed by atoms with Crippen LogP contribution in [-0.4, -0.2) is 17.7 Å². The van der Waals surface area contributed by atoms with E-state index in [1.165, 1.54) is 0 Å². The Kier molecular flexibility index (Phi) is 4.58. The van der Waals surface area contributed by atoms with Crippen LogP contribution in [0.5, 0.6) is 5.75 Å². The third-order valence-electron chi connectivity index (χ3n) is 2.30. The molecule has 0 aliphatic heterocycles. The van der Waals surface area contributed by atoms with Gasteiger partial charge in [-0.05, 0) is 24.6 Å². The van der Waals surface area contributed by atoms with E-state index in [-0.39, 0.29) is 24.1 Å². The van der Waals surface area contributed by atoms with Crippen LogP contribution in [0.3, 0.4) is 0 Å². The fourth-order valence-corrected chi connectivity index (χ4v) is 1.46. The molecule has 1 N–H and O–H groups in total. The number of aromatic hydroxyl groups is 1. The van der Waals surface area contributed by atoms with Gasteiger partial charge in [0.05, 0.1) is 13.0 Å². The van der Waals surface area contributed by atoms with Crippen LogP contribution >= 0.6 is 0 Å². The van der Waals surface area contributed by atoms with E-state index in [2.05, 4.69) is 6.58 Å². The molecule has 0 aliphatic rings. The normalized spacial score (nSPS) is 11.8. The van der Waals surface area contributed by atoms with Gasteiger partial charge in [0.25, 0.3) is 0 Å². The first-order valence-corrected chi connectivity index (χ1v) is 5.24. The van der Waals surface area contributed by atoms with Crippen molar-refractivity contribution in [3.8, 4) is 5.75 Å². The summed E-state index contributed by atoms with van der Waals surface area (Å²) in [4.78, 5) is 11.3. The summed E-state index contributed by atoms with van der Waals surface area (Å²) in [7, 11) is 0. The minimum atomic E-state index is -0.236. The lowest BCUT2D eigenvalue weighted by Crippen LogP contribution is -2.08. The Morgan fingerprint density at radius 1 is 1.50 bits per heavy atom. The standard InChI is InChI=1S/C13H16O3/c1-3-10(9-13(15)16-4-2)11-5-7-12(14)8-6-11/h3,5-8,10,14H,1,4,9H2,2H3/t10-/m1/s1. The average Bonchev–Trinajstić information content (AvgIpc) is 2.27. The Balaban J connectivity index is 2.71. The molecule has 1 rings (SSSR count). The first-order valence-electron chi connectivity index (χ1n) is 5.24. The van der Waals surface area contributed by atoms with Crippen LogP contribution < -0.4 is 0 Å². The van der Waals surface area contributed by atoms with E-state index in [0.717, 1.165) is 5.56 Å². The van der Waals surface area contributed by atoms with Crippen molar-refractivity contribution in [1.82, 2.24) is 0 Å². The van der Waals surface area contributed by atoms with Gasteiger partial charge in [-0.3, -0.25) is 4.79 Å². The fraction of sp³-hybridized carbons (Fsp3) is 0.308.